The molecule has 2 aliphatic heterocycles. The first-order chi connectivity index (χ1) is 14.9. The van der Waals surface area contributed by atoms with Gasteiger partial charge in [-0.2, -0.15) is 0 Å². The predicted molar refractivity (Wildman–Crippen MR) is 127 cm³/mol. The molecule has 1 unspecified atom stereocenters. The van der Waals surface area contributed by atoms with Gasteiger partial charge in [-0.1, -0.05) is 70.2 Å². The molecule has 4 heteroatoms. The van der Waals surface area contributed by atoms with Crippen LogP contribution < -0.4 is 5.32 Å². The molecule has 4 rings (SSSR count). The predicted octanol–water partition coefficient (Wildman–Crippen LogP) is 5.30. The molecule has 2 aromatic carbocycles. The summed E-state index contributed by atoms with van der Waals surface area (Å²) in [5.41, 5.74) is 5.30. The number of hydrogen-bond donors (Lipinski definition) is 2. The summed E-state index contributed by atoms with van der Waals surface area (Å²) in [4.78, 5) is 2.30. The van der Waals surface area contributed by atoms with Gasteiger partial charge in [-0.25, -0.2) is 0 Å². The van der Waals surface area contributed by atoms with Crippen molar-refractivity contribution in [2.75, 3.05) is 31.6 Å². The van der Waals surface area contributed by atoms with E-state index in [-0.39, 0.29) is 30.3 Å². The lowest BCUT2D eigenvalue weighted by Crippen LogP contribution is -2.43. The summed E-state index contributed by atoms with van der Waals surface area (Å²) in [6, 6.07) is 17.9. The molecule has 31 heavy (non-hydrogen) atoms. The normalized spacial score (nSPS) is 25.6. The molecule has 2 aromatic rings. The first-order valence-corrected chi connectivity index (χ1v) is 11.8. The number of fused-ring (bicyclic) bond motifs is 3. The Kier molecular flexibility index (Phi) is 6.71. The van der Waals surface area contributed by atoms with Crippen molar-refractivity contribution >= 4 is 5.69 Å². The number of nitrogens with one attached hydrogen (secondary N) is 1. The molecule has 0 amide bonds. The van der Waals surface area contributed by atoms with E-state index >= 15 is 0 Å². The van der Waals surface area contributed by atoms with Crippen LogP contribution in [0.25, 0.3) is 0 Å². The van der Waals surface area contributed by atoms with E-state index in [0.29, 0.717) is 12.5 Å². The van der Waals surface area contributed by atoms with Crippen LogP contribution in [0.15, 0.2) is 48.5 Å². The summed E-state index contributed by atoms with van der Waals surface area (Å²) in [6.45, 7) is 11.7. The molecule has 0 radical (unpaired) electrons. The minimum absolute atomic E-state index is 0.0929. The van der Waals surface area contributed by atoms with Crippen LogP contribution in [-0.2, 0) is 10.2 Å². The number of hydrogen-bond acceptors (Lipinski definition) is 4. The van der Waals surface area contributed by atoms with Gasteiger partial charge in [0.05, 0.1) is 24.9 Å². The Labute approximate surface area is 187 Å². The number of anilines is 1. The number of nitrogens with zero attached hydrogens (tertiary/aromatic N) is 1. The fraction of sp³-hybridized carbons (Fsp3) is 0.556. The zero-order valence-corrected chi connectivity index (χ0v) is 19.5. The molecule has 0 bridgehead atoms. The Hall–Kier alpha value is -1.88. The van der Waals surface area contributed by atoms with Gasteiger partial charge in [0.25, 0.3) is 0 Å². The topological polar surface area (TPSA) is 44.7 Å². The minimum atomic E-state index is 0.0929. The zero-order valence-electron chi connectivity index (χ0n) is 19.5. The first-order valence-electron chi connectivity index (χ1n) is 11.8. The maximum absolute atomic E-state index is 9.39. The third-order valence-corrected chi connectivity index (χ3v) is 7.00. The van der Waals surface area contributed by atoms with Gasteiger partial charge in [-0.05, 0) is 42.0 Å². The van der Waals surface area contributed by atoms with E-state index < -0.39 is 0 Å². The lowest BCUT2D eigenvalue weighted by molar-refractivity contribution is -0.103. The van der Waals surface area contributed by atoms with Crippen LogP contribution in [0.1, 0.15) is 69.4 Å². The van der Waals surface area contributed by atoms with Crippen LogP contribution >= 0.6 is 0 Å². The summed E-state index contributed by atoms with van der Waals surface area (Å²) in [5.74, 6) is 0.411. The largest absolute Gasteiger partial charge is 0.395 e. The Bertz CT molecular complexity index is 861. The summed E-state index contributed by atoms with van der Waals surface area (Å²) in [7, 11) is 0. The number of ether oxygens (including phenoxy) is 1. The van der Waals surface area contributed by atoms with E-state index in [9.17, 15) is 5.11 Å². The maximum Gasteiger partial charge on any atom is 0.0900 e. The van der Waals surface area contributed by atoms with Crippen molar-refractivity contribution in [1.82, 2.24) is 4.90 Å². The Morgan fingerprint density at radius 3 is 2.55 bits per heavy atom. The van der Waals surface area contributed by atoms with E-state index in [0.717, 1.165) is 25.9 Å². The number of rotatable bonds is 6. The van der Waals surface area contributed by atoms with Crippen molar-refractivity contribution in [2.45, 2.75) is 64.2 Å². The molecular formula is C27H38N2O2. The second-order valence-corrected chi connectivity index (χ2v) is 10.1. The third kappa shape index (κ3) is 4.82. The van der Waals surface area contributed by atoms with E-state index in [4.69, 9.17) is 4.74 Å². The molecule has 0 saturated carbocycles. The van der Waals surface area contributed by atoms with Gasteiger partial charge < -0.3 is 15.2 Å². The van der Waals surface area contributed by atoms with Crippen LogP contribution in [0.4, 0.5) is 5.69 Å². The summed E-state index contributed by atoms with van der Waals surface area (Å²) < 4.78 is 6.85. The van der Waals surface area contributed by atoms with Gasteiger partial charge in [0.2, 0.25) is 0 Å². The van der Waals surface area contributed by atoms with E-state index in [1.54, 1.807) is 0 Å². The molecule has 0 aliphatic carbocycles. The van der Waals surface area contributed by atoms with Crippen LogP contribution in [-0.4, -0.2) is 42.4 Å². The number of benzene rings is 2. The minimum Gasteiger partial charge on any atom is -0.395 e. The van der Waals surface area contributed by atoms with Gasteiger partial charge in [-0.3, -0.25) is 4.90 Å². The van der Waals surface area contributed by atoms with Gasteiger partial charge in [0.15, 0.2) is 0 Å². The van der Waals surface area contributed by atoms with Crippen molar-refractivity contribution in [2.24, 2.45) is 5.92 Å². The molecule has 1 saturated heterocycles. The van der Waals surface area contributed by atoms with Crippen molar-refractivity contribution in [3.63, 3.8) is 0 Å². The lowest BCUT2D eigenvalue weighted by atomic mass is 9.75. The van der Waals surface area contributed by atoms with Gasteiger partial charge >= 0.3 is 0 Å². The average Bonchev–Trinajstić information content (AvgIpc) is 2.77. The molecule has 1 fully saturated rings. The zero-order chi connectivity index (χ0) is 22.0. The monoisotopic (exact) mass is 422 g/mol. The summed E-state index contributed by atoms with van der Waals surface area (Å²) in [6.07, 6.45) is 2.49. The van der Waals surface area contributed by atoms with E-state index in [1.165, 1.54) is 22.4 Å². The van der Waals surface area contributed by atoms with Crippen molar-refractivity contribution in [3.8, 4) is 0 Å². The Balaban J connectivity index is 1.67. The molecule has 4 atom stereocenters. The molecule has 4 nitrogen and oxygen atoms in total. The average molecular weight is 423 g/mol. The molecule has 2 aliphatic rings. The second kappa shape index (κ2) is 9.32. The Morgan fingerprint density at radius 1 is 1.10 bits per heavy atom. The van der Waals surface area contributed by atoms with Crippen molar-refractivity contribution in [3.05, 3.63) is 65.2 Å². The lowest BCUT2D eigenvalue weighted by Gasteiger charge is -2.46. The highest BCUT2D eigenvalue weighted by Gasteiger charge is 2.42. The van der Waals surface area contributed by atoms with Crippen molar-refractivity contribution < 1.29 is 9.84 Å². The number of aliphatic hydroxyl groups is 1. The molecule has 2 heterocycles. The summed E-state index contributed by atoms with van der Waals surface area (Å²) in [5, 5.41) is 13.2. The van der Waals surface area contributed by atoms with Gasteiger partial charge in [0, 0.05) is 30.3 Å². The molecular weight excluding hydrogens is 384 g/mol. The fourth-order valence-electron chi connectivity index (χ4n) is 5.16. The highest BCUT2D eigenvalue weighted by Crippen LogP contribution is 2.51. The van der Waals surface area contributed by atoms with Crippen LogP contribution in [0, 0.1) is 5.92 Å². The molecule has 2 N–H and O–H groups in total. The van der Waals surface area contributed by atoms with Gasteiger partial charge in [0.1, 0.15) is 0 Å². The summed E-state index contributed by atoms with van der Waals surface area (Å²) >= 11 is 0. The Morgan fingerprint density at radius 2 is 1.87 bits per heavy atom. The molecule has 0 aromatic heterocycles. The standard InChI is InChI=1S/C27H38N2O2/c1-5-29(15-16-30)18-21-12-13-22-25(19-9-7-6-8-10-19)28-24-14-11-20(27(2,3)4)17-23(24)26(22)31-21/h6-11,14,17,21-22,25-26,28,30H,5,12-13,15-16,18H2,1-4H3/t21?,22-,25-,26-/m0/s1. The van der Waals surface area contributed by atoms with Crippen molar-refractivity contribution in [1.29, 1.82) is 0 Å². The maximum atomic E-state index is 9.39. The smallest absolute Gasteiger partial charge is 0.0900 e. The quantitative estimate of drug-likeness (QED) is 0.663. The number of likely N-dealkylation sites (N-methyl/N-ethyl adjacent to an activating group) is 1. The van der Waals surface area contributed by atoms with E-state index in [2.05, 4.69) is 86.4 Å². The SMILES string of the molecule is CCN(CCO)CC1CC[C@@H]2[C@H](O1)c1cc(C(C)(C)C)ccc1N[C@H]2c1ccccc1. The highest BCUT2D eigenvalue weighted by molar-refractivity contribution is 5.59. The molecule has 0 spiro atoms. The van der Waals surface area contributed by atoms with E-state index in [1.807, 2.05) is 0 Å². The van der Waals surface area contributed by atoms with Gasteiger partial charge in [-0.15, -0.1) is 0 Å². The first kappa shape index (κ1) is 22.3. The van der Waals surface area contributed by atoms with Crippen LogP contribution in [0.3, 0.4) is 0 Å². The highest BCUT2D eigenvalue weighted by atomic mass is 16.5. The van der Waals surface area contributed by atoms with Crippen LogP contribution in [0.2, 0.25) is 0 Å². The number of aliphatic hydroxyl groups excluding tert-OH is 1. The third-order valence-electron chi connectivity index (χ3n) is 7.00. The molecule has 168 valence electrons. The van der Waals surface area contributed by atoms with Crippen LogP contribution in [0.5, 0.6) is 0 Å². The fourth-order valence-corrected chi connectivity index (χ4v) is 5.16. The second-order valence-electron chi connectivity index (χ2n) is 10.1.